The fourth-order valence-electron chi connectivity index (χ4n) is 3.79. The molecule has 0 saturated carbocycles. The Kier molecular flexibility index (Phi) is 4.07. The second-order valence-corrected chi connectivity index (χ2v) is 6.85. The number of aromatic amines is 1. The number of hydrogen-bond donors (Lipinski definition) is 1. The first-order chi connectivity index (χ1) is 12.2. The maximum atomic E-state index is 12.9. The van der Waals surface area contributed by atoms with Gasteiger partial charge in [0.1, 0.15) is 6.26 Å². The van der Waals surface area contributed by atoms with Crippen LogP contribution in [0.3, 0.4) is 0 Å². The molecule has 4 rings (SSSR count). The minimum absolute atomic E-state index is 0.0240. The maximum Gasteiger partial charge on any atom is 0.253 e. The minimum Gasteiger partial charge on any atom is -0.364 e. The van der Waals surface area contributed by atoms with Gasteiger partial charge in [0.15, 0.2) is 0 Å². The smallest absolute Gasteiger partial charge is 0.253 e. The van der Waals surface area contributed by atoms with Crippen LogP contribution in [0.15, 0.2) is 29.0 Å². The Balaban J connectivity index is 1.61. The molecule has 0 spiro atoms. The lowest BCUT2D eigenvalue weighted by Gasteiger charge is -2.17. The Morgan fingerprint density at radius 1 is 1.32 bits per heavy atom. The summed E-state index contributed by atoms with van der Waals surface area (Å²) < 4.78 is 5.04. The van der Waals surface area contributed by atoms with Crippen molar-refractivity contribution in [2.45, 2.75) is 45.6 Å². The van der Waals surface area contributed by atoms with E-state index in [4.69, 9.17) is 4.52 Å². The Morgan fingerprint density at radius 2 is 2.16 bits per heavy atom. The van der Waals surface area contributed by atoms with Crippen LogP contribution in [0, 0.1) is 0 Å². The van der Waals surface area contributed by atoms with Crippen molar-refractivity contribution in [3.63, 3.8) is 0 Å². The number of rotatable bonds is 4. The van der Waals surface area contributed by atoms with Gasteiger partial charge in [0.2, 0.25) is 0 Å². The molecule has 5 heteroatoms. The van der Waals surface area contributed by atoms with Gasteiger partial charge in [-0.1, -0.05) is 12.1 Å². The average Bonchev–Trinajstić information content (AvgIpc) is 3.24. The van der Waals surface area contributed by atoms with E-state index in [0.29, 0.717) is 6.54 Å². The highest BCUT2D eigenvalue weighted by atomic mass is 16.5. The van der Waals surface area contributed by atoms with Crippen LogP contribution in [-0.2, 0) is 25.8 Å². The zero-order valence-electron chi connectivity index (χ0n) is 14.8. The summed E-state index contributed by atoms with van der Waals surface area (Å²) in [6, 6.07) is 5.99. The summed E-state index contributed by atoms with van der Waals surface area (Å²) in [5, 5.41) is 5.19. The summed E-state index contributed by atoms with van der Waals surface area (Å²) in [6.45, 7) is 2.54. The van der Waals surface area contributed by atoms with Crippen LogP contribution < -0.4 is 0 Å². The molecule has 0 aliphatic heterocycles. The summed E-state index contributed by atoms with van der Waals surface area (Å²) in [5.41, 5.74) is 6.49. The van der Waals surface area contributed by atoms with Crippen molar-refractivity contribution in [2.24, 2.45) is 0 Å². The van der Waals surface area contributed by atoms with Gasteiger partial charge >= 0.3 is 0 Å². The number of H-pyrrole nitrogens is 1. The molecule has 1 aliphatic rings. The average molecular weight is 337 g/mol. The van der Waals surface area contributed by atoms with Crippen molar-refractivity contribution in [3.8, 4) is 0 Å². The van der Waals surface area contributed by atoms with Gasteiger partial charge in [0, 0.05) is 34.8 Å². The van der Waals surface area contributed by atoms with Gasteiger partial charge < -0.3 is 14.4 Å². The molecular weight excluding hydrogens is 314 g/mol. The first-order valence-corrected chi connectivity index (χ1v) is 8.98. The Labute approximate surface area is 147 Å². The molecule has 0 bridgehead atoms. The molecule has 0 unspecified atom stereocenters. The van der Waals surface area contributed by atoms with Crippen LogP contribution in [0.25, 0.3) is 10.9 Å². The summed E-state index contributed by atoms with van der Waals surface area (Å²) in [6.07, 6.45) is 7.12. The van der Waals surface area contributed by atoms with E-state index >= 15 is 0 Å². The topological polar surface area (TPSA) is 62.1 Å². The van der Waals surface area contributed by atoms with Gasteiger partial charge in [-0.15, -0.1) is 0 Å². The third-order valence-electron chi connectivity index (χ3n) is 5.16. The number of nitrogens with one attached hydrogen (secondary N) is 1. The second-order valence-electron chi connectivity index (χ2n) is 6.85. The lowest BCUT2D eigenvalue weighted by Crippen LogP contribution is -2.26. The van der Waals surface area contributed by atoms with Crippen LogP contribution in [0.2, 0.25) is 0 Å². The monoisotopic (exact) mass is 337 g/mol. The number of carbonyl (C=O) groups is 1. The number of fused-ring (bicyclic) bond motifs is 3. The van der Waals surface area contributed by atoms with Crippen LogP contribution in [0.5, 0.6) is 0 Å². The van der Waals surface area contributed by atoms with Crippen LogP contribution in [-0.4, -0.2) is 28.0 Å². The van der Waals surface area contributed by atoms with Crippen LogP contribution in [0.1, 0.15) is 52.6 Å². The summed E-state index contributed by atoms with van der Waals surface area (Å²) in [7, 11) is 1.82. The lowest BCUT2D eigenvalue weighted by molar-refractivity contribution is 0.0785. The van der Waals surface area contributed by atoms with Crippen molar-refractivity contribution in [3.05, 3.63) is 52.5 Å². The van der Waals surface area contributed by atoms with Crippen molar-refractivity contribution < 1.29 is 9.32 Å². The molecule has 1 aliphatic carbocycles. The number of aromatic nitrogens is 2. The van der Waals surface area contributed by atoms with Gasteiger partial charge in [-0.05, 0) is 55.9 Å². The predicted octanol–water partition coefficient (Wildman–Crippen LogP) is 3.87. The molecule has 3 aromatic rings. The number of aryl methyl sites for hydroxylation is 3. The lowest BCUT2D eigenvalue weighted by atomic mass is 9.95. The molecule has 0 saturated heterocycles. The van der Waals surface area contributed by atoms with E-state index in [1.807, 2.05) is 32.2 Å². The first-order valence-electron chi connectivity index (χ1n) is 8.98. The fraction of sp³-hybridized carbons (Fsp3) is 0.400. The maximum absolute atomic E-state index is 12.9. The quantitative estimate of drug-likeness (QED) is 0.786. The largest absolute Gasteiger partial charge is 0.364 e. The Morgan fingerprint density at radius 3 is 3.00 bits per heavy atom. The standard InChI is InChI=1S/C20H23N3O2/c1-3-17-14(12-25-22-17)11-23(2)20(24)13-8-9-19-16(10-13)15-6-4-5-7-18(15)21-19/h8-10,12,21H,3-7,11H2,1-2H3. The highest BCUT2D eigenvalue weighted by molar-refractivity contribution is 5.99. The molecule has 1 N–H and O–H groups in total. The molecule has 130 valence electrons. The van der Waals surface area contributed by atoms with E-state index in [-0.39, 0.29) is 5.91 Å². The number of carbonyl (C=O) groups excluding carboxylic acids is 1. The minimum atomic E-state index is 0.0240. The van der Waals surface area contributed by atoms with Crippen molar-refractivity contribution in [1.82, 2.24) is 15.0 Å². The van der Waals surface area contributed by atoms with Crippen molar-refractivity contribution in [2.75, 3.05) is 7.05 Å². The molecule has 1 aromatic carbocycles. The molecule has 0 fully saturated rings. The van der Waals surface area contributed by atoms with Crippen LogP contribution >= 0.6 is 0 Å². The van der Waals surface area contributed by atoms with E-state index in [1.54, 1.807) is 11.2 Å². The molecular formula is C20H23N3O2. The first kappa shape index (κ1) is 15.9. The van der Waals surface area contributed by atoms with Gasteiger partial charge in [0.05, 0.1) is 12.2 Å². The third-order valence-corrected chi connectivity index (χ3v) is 5.16. The number of nitrogens with zero attached hydrogens (tertiary/aromatic N) is 2. The normalized spacial score (nSPS) is 13.8. The molecule has 25 heavy (non-hydrogen) atoms. The van der Waals surface area contributed by atoms with E-state index in [9.17, 15) is 4.79 Å². The number of amides is 1. The van der Waals surface area contributed by atoms with Gasteiger partial charge in [-0.2, -0.15) is 0 Å². The zero-order valence-corrected chi connectivity index (χ0v) is 14.8. The van der Waals surface area contributed by atoms with Gasteiger partial charge in [-0.3, -0.25) is 4.79 Å². The molecule has 2 heterocycles. The fourth-order valence-corrected chi connectivity index (χ4v) is 3.79. The van der Waals surface area contributed by atoms with Gasteiger partial charge in [-0.25, -0.2) is 0 Å². The third kappa shape index (κ3) is 2.84. The summed E-state index contributed by atoms with van der Waals surface area (Å²) in [5.74, 6) is 0.0240. The van der Waals surface area contributed by atoms with Crippen molar-refractivity contribution >= 4 is 16.8 Å². The van der Waals surface area contributed by atoms with Crippen LogP contribution in [0.4, 0.5) is 0 Å². The highest BCUT2D eigenvalue weighted by Gasteiger charge is 2.19. The number of hydrogen-bond acceptors (Lipinski definition) is 3. The van der Waals surface area contributed by atoms with Gasteiger partial charge in [0.25, 0.3) is 5.91 Å². The van der Waals surface area contributed by atoms with Crippen molar-refractivity contribution in [1.29, 1.82) is 0 Å². The second kappa shape index (κ2) is 6.39. The van der Waals surface area contributed by atoms with E-state index < -0.39 is 0 Å². The Hall–Kier alpha value is -2.56. The Bertz CT molecular complexity index is 922. The highest BCUT2D eigenvalue weighted by Crippen LogP contribution is 2.30. The van der Waals surface area contributed by atoms with E-state index in [0.717, 1.165) is 41.6 Å². The molecule has 0 atom stereocenters. The molecule has 1 amide bonds. The molecule has 0 radical (unpaired) electrons. The predicted molar refractivity (Wildman–Crippen MR) is 96.6 cm³/mol. The number of benzene rings is 1. The van der Waals surface area contributed by atoms with E-state index in [1.165, 1.54) is 29.5 Å². The zero-order chi connectivity index (χ0) is 17.4. The summed E-state index contributed by atoms with van der Waals surface area (Å²) in [4.78, 5) is 18.1. The SMILES string of the molecule is CCc1nocc1CN(C)C(=O)c1ccc2[nH]c3c(c2c1)CCCC3. The van der Waals surface area contributed by atoms with E-state index in [2.05, 4.69) is 10.1 Å². The molecule has 2 aromatic heterocycles. The summed E-state index contributed by atoms with van der Waals surface area (Å²) >= 11 is 0. The molecule has 5 nitrogen and oxygen atoms in total.